The SMILES string of the molecule is COc1cc(C2c3c(oc4ccc(C)cc4c3=O)C(=O)N2c2cccc(C(F)(F)F)c2)ccc1OCC(C)C. The van der Waals surface area contributed by atoms with Crippen LogP contribution in [0.5, 0.6) is 11.5 Å². The van der Waals surface area contributed by atoms with Crippen LogP contribution in [-0.2, 0) is 6.18 Å². The minimum absolute atomic E-state index is 0.0232. The van der Waals surface area contributed by atoms with Crippen molar-refractivity contribution in [1.29, 1.82) is 0 Å². The Bertz CT molecular complexity index is 1640. The molecular weight excluding hydrogens is 511 g/mol. The van der Waals surface area contributed by atoms with Gasteiger partial charge in [0, 0.05) is 5.69 Å². The predicted molar refractivity (Wildman–Crippen MR) is 141 cm³/mol. The van der Waals surface area contributed by atoms with Gasteiger partial charge in [-0.05, 0) is 60.9 Å². The van der Waals surface area contributed by atoms with Gasteiger partial charge in [0.15, 0.2) is 16.9 Å². The number of aryl methyl sites for hydroxylation is 1. The molecular formula is C30H26F3NO5. The number of amides is 1. The minimum atomic E-state index is -4.62. The molecule has 1 aliphatic rings. The summed E-state index contributed by atoms with van der Waals surface area (Å²) in [4.78, 5) is 28.8. The first-order valence-electron chi connectivity index (χ1n) is 12.4. The quantitative estimate of drug-likeness (QED) is 0.267. The first kappa shape index (κ1) is 26.3. The van der Waals surface area contributed by atoms with E-state index in [-0.39, 0.29) is 33.9 Å². The minimum Gasteiger partial charge on any atom is -0.493 e. The van der Waals surface area contributed by atoms with Crippen LogP contribution in [0.1, 0.15) is 52.7 Å². The van der Waals surface area contributed by atoms with Crippen LogP contribution >= 0.6 is 0 Å². The number of carbonyl (C=O) groups excluding carboxylic acids is 1. The molecule has 0 saturated heterocycles. The lowest BCUT2D eigenvalue weighted by molar-refractivity contribution is -0.137. The van der Waals surface area contributed by atoms with E-state index < -0.39 is 29.1 Å². The molecule has 1 aliphatic heterocycles. The zero-order chi connectivity index (χ0) is 28.1. The third-order valence-electron chi connectivity index (χ3n) is 6.55. The molecule has 202 valence electrons. The maximum absolute atomic E-state index is 13.8. The van der Waals surface area contributed by atoms with E-state index in [1.807, 2.05) is 20.8 Å². The number of methoxy groups -OCH3 is 1. The molecule has 0 spiro atoms. The van der Waals surface area contributed by atoms with E-state index in [1.54, 1.807) is 36.4 Å². The molecule has 0 radical (unpaired) electrons. The van der Waals surface area contributed by atoms with Gasteiger partial charge in [0.2, 0.25) is 5.76 Å². The third-order valence-corrected chi connectivity index (χ3v) is 6.55. The fourth-order valence-electron chi connectivity index (χ4n) is 4.73. The molecule has 6 nitrogen and oxygen atoms in total. The zero-order valence-corrected chi connectivity index (χ0v) is 21.8. The molecule has 1 atom stereocenters. The molecule has 1 unspecified atom stereocenters. The first-order valence-corrected chi connectivity index (χ1v) is 12.4. The Morgan fingerprint density at radius 3 is 2.46 bits per heavy atom. The molecule has 1 amide bonds. The Hall–Kier alpha value is -4.27. The van der Waals surface area contributed by atoms with Gasteiger partial charge in [0.25, 0.3) is 5.91 Å². The smallest absolute Gasteiger partial charge is 0.416 e. The normalized spacial score (nSPS) is 15.2. The highest BCUT2D eigenvalue weighted by atomic mass is 19.4. The lowest BCUT2D eigenvalue weighted by Crippen LogP contribution is -2.29. The Morgan fingerprint density at radius 2 is 1.77 bits per heavy atom. The summed E-state index contributed by atoms with van der Waals surface area (Å²) in [5, 5.41) is 0.279. The number of hydrogen-bond acceptors (Lipinski definition) is 5. The van der Waals surface area contributed by atoms with Crippen molar-refractivity contribution in [3.8, 4) is 11.5 Å². The highest BCUT2D eigenvalue weighted by molar-refractivity contribution is 6.10. The second-order valence-electron chi connectivity index (χ2n) is 9.91. The van der Waals surface area contributed by atoms with Gasteiger partial charge in [-0.3, -0.25) is 14.5 Å². The van der Waals surface area contributed by atoms with Crippen molar-refractivity contribution in [2.45, 2.75) is 33.0 Å². The van der Waals surface area contributed by atoms with Crippen LogP contribution in [0.2, 0.25) is 0 Å². The molecule has 0 aliphatic carbocycles. The summed E-state index contributed by atoms with van der Waals surface area (Å²) in [5.41, 5.74) is 0.168. The highest BCUT2D eigenvalue weighted by Crippen LogP contribution is 2.44. The zero-order valence-electron chi connectivity index (χ0n) is 21.8. The second-order valence-corrected chi connectivity index (χ2v) is 9.91. The molecule has 0 fully saturated rings. The van der Waals surface area contributed by atoms with Crippen molar-refractivity contribution < 1.29 is 31.9 Å². The van der Waals surface area contributed by atoms with Gasteiger partial charge >= 0.3 is 6.18 Å². The largest absolute Gasteiger partial charge is 0.493 e. The van der Waals surface area contributed by atoms with Crippen LogP contribution < -0.4 is 19.8 Å². The Labute approximate surface area is 222 Å². The molecule has 2 heterocycles. The Morgan fingerprint density at radius 1 is 1.00 bits per heavy atom. The molecule has 4 aromatic rings. The standard InChI is InChI=1S/C30H26F3NO5/c1-16(2)15-38-23-11-9-18(13-24(23)37-4)26-25-27(35)21-12-17(3)8-10-22(21)39-28(25)29(36)34(26)20-7-5-6-19(14-20)30(31,32)33/h5-14,16,26H,15H2,1-4H3. The van der Waals surface area contributed by atoms with Crippen LogP contribution in [0.25, 0.3) is 11.0 Å². The summed E-state index contributed by atoms with van der Waals surface area (Å²) in [6.07, 6.45) is -4.62. The van der Waals surface area contributed by atoms with Crippen molar-refractivity contribution in [1.82, 2.24) is 0 Å². The summed E-state index contributed by atoms with van der Waals surface area (Å²) in [5.74, 6) is 0.155. The number of carbonyl (C=O) groups is 1. The van der Waals surface area contributed by atoms with E-state index in [1.165, 1.54) is 24.1 Å². The van der Waals surface area contributed by atoms with Gasteiger partial charge < -0.3 is 13.9 Å². The van der Waals surface area contributed by atoms with Crippen molar-refractivity contribution in [3.63, 3.8) is 0 Å². The monoisotopic (exact) mass is 537 g/mol. The molecule has 5 rings (SSSR count). The molecule has 0 bridgehead atoms. The maximum atomic E-state index is 13.8. The third kappa shape index (κ3) is 4.73. The van der Waals surface area contributed by atoms with E-state index in [0.29, 0.717) is 23.7 Å². The van der Waals surface area contributed by atoms with Crippen molar-refractivity contribution in [2.24, 2.45) is 5.92 Å². The predicted octanol–water partition coefficient (Wildman–Crippen LogP) is 6.91. The van der Waals surface area contributed by atoms with E-state index in [0.717, 1.165) is 17.7 Å². The van der Waals surface area contributed by atoms with E-state index in [9.17, 15) is 22.8 Å². The summed E-state index contributed by atoms with van der Waals surface area (Å²) in [6, 6.07) is 13.4. The summed E-state index contributed by atoms with van der Waals surface area (Å²) < 4.78 is 58.1. The molecule has 1 aromatic heterocycles. The molecule has 39 heavy (non-hydrogen) atoms. The van der Waals surface area contributed by atoms with Gasteiger partial charge in [0.1, 0.15) is 5.58 Å². The first-order chi connectivity index (χ1) is 18.5. The number of ether oxygens (including phenoxy) is 2. The number of nitrogens with zero attached hydrogens (tertiary/aromatic N) is 1. The topological polar surface area (TPSA) is 69.0 Å². The fraction of sp³-hybridized carbons (Fsp3) is 0.267. The van der Waals surface area contributed by atoms with E-state index in [4.69, 9.17) is 13.9 Å². The van der Waals surface area contributed by atoms with Crippen LogP contribution in [0, 0.1) is 12.8 Å². The average molecular weight is 538 g/mol. The summed E-state index contributed by atoms with van der Waals surface area (Å²) >= 11 is 0. The van der Waals surface area contributed by atoms with Gasteiger partial charge in [-0.2, -0.15) is 13.2 Å². The summed E-state index contributed by atoms with van der Waals surface area (Å²) in [6.45, 7) is 6.26. The number of halogens is 3. The van der Waals surface area contributed by atoms with Gasteiger partial charge in [-0.15, -0.1) is 0 Å². The number of alkyl halides is 3. The number of hydrogen-bond donors (Lipinski definition) is 0. The van der Waals surface area contributed by atoms with Gasteiger partial charge in [-0.1, -0.05) is 37.6 Å². The second kappa shape index (κ2) is 9.80. The number of benzene rings is 3. The Kier molecular flexibility index (Phi) is 6.62. The van der Waals surface area contributed by atoms with Crippen molar-refractivity contribution in [3.05, 3.63) is 98.9 Å². The maximum Gasteiger partial charge on any atom is 0.416 e. The average Bonchev–Trinajstić information content (AvgIpc) is 3.19. The van der Waals surface area contributed by atoms with Crippen LogP contribution in [0.3, 0.4) is 0 Å². The van der Waals surface area contributed by atoms with Gasteiger partial charge in [0.05, 0.1) is 36.3 Å². The summed E-state index contributed by atoms with van der Waals surface area (Å²) in [7, 11) is 1.46. The van der Waals surface area contributed by atoms with Crippen LogP contribution in [-0.4, -0.2) is 19.6 Å². The number of fused-ring (bicyclic) bond motifs is 2. The number of anilines is 1. The molecule has 9 heteroatoms. The number of rotatable bonds is 6. The van der Waals surface area contributed by atoms with Crippen molar-refractivity contribution >= 4 is 22.6 Å². The van der Waals surface area contributed by atoms with Gasteiger partial charge in [-0.25, -0.2) is 0 Å². The highest BCUT2D eigenvalue weighted by Gasteiger charge is 2.44. The van der Waals surface area contributed by atoms with Crippen LogP contribution in [0.15, 0.2) is 69.9 Å². The lowest BCUT2D eigenvalue weighted by Gasteiger charge is -2.26. The fourth-order valence-corrected chi connectivity index (χ4v) is 4.73. The molecule has 0 saturated carbocycles. The van der Waals surface area contributed by atoms with Crippen molar-refractivity contribution in [2.75, 3.05) is 18.6 Å². The molecule has 0 N–H and O–H groups in total. The van der Waals surface area contributed by atoms with E-state index >= 15 is 0 Å². The van der Waals surface area contributed by atoms with E-state index in [2.05, 4.69) is 0 Å². The lowest BCUT2D eigenvalue weighted by atomic mass is 9.97. The molecule has 3 aromatic carbocycles. The van der Waals surface area contributed by atoms with Crippen LogP contribution in [0.4, 0.5) is 18.9 Å². The Balaban J connectivity index is 1.74.